The van der Waals surface area contributed by atoms with Crippen LogP contribution in [0.1, 0.15) is 45.4 Å². The third kappa shape index (κ3) is 1.60. The fourth-order valence-electron chi connectivity index (χ4n) is 5.19. The average molecular weight is 272 g/mol. The molecule has 4 aliphatic carbocycles. The minimum Gasteiger partial charge on any atom is -0.511 e. The topological polar surface area (TPSA) is 40.5 Å². The van der Waals surface area contributed by atoms with Crippen molar-refractivity contribution in [3.05, 3.63) is 35.1 Å². The van der Waals surface area contributed by atoms with Gasteiger partial charge in [-0.15, -0.1) is 0 Å². The molecule has 0 aromatic carbocycles. The lowest BCUT2D eigenvalue weighted by Gasteiger charge is -2.49. The summed E-state index contributed by atoms with van der Waals surface area (Å²) in [7, 11) is 0. The molecule has 5 atom stereocenters. The summed E-state index contributed by atoms with van der Waals surface area (Å²) in [6.07, 6.45) is 12.9. The Morgan fingerprint density at radius 3 is 2.90 bits per heavy atom. The normalized spacial score (nSPS) is 46.6. The van der Waals surface area contributed by atoms with Gasteiger partial charge in [-0.1, -0.05) is 12.2 Å². The maximum atomic E-state index is 10.2. The molecule has 4 aliphatic rings. The molecule has 2 fully saturated rings. The van der Waals surface area contributed by atoms with Crippen LogP contribution in [-0.4, -0.2) is 16.3 Å². The molecule has 2 nitrogen and oxygen atoms in total. The van der Waals surface area contributed by atoms with Crippen molar-refractivity contribution in [2.24, 2.45) is 23.2 Å². The van der Waals surface area contributed by atoms with Gasteiger partial charge in [-0.05, 0) is 80.4 Å². The van der Waals surface area contributed by atoms with Crippen LogP contribution in [0, 0.1) is 23.2 Å². The minimum atomic E-state index is -0.122. The van der Waals surface area contributed by atoms with Gasteiger partial charge in [0, 0.05) is 5.41 Å². The fourth-order valence-corrected chi connectivity index (χ4v) is 5.19. The highest BCUT2D eigenvalue weighted by atomic mass is 16.3. The van der Waals surface area contributed by atoms with Crippen molar-refractivity contribution < 1.29 is 10.2 Å². The molecular formula is C18H24O2. The third-order valence-electron chi connectivity index (χ3n) is 6.40. The van der Waals surface area contributed by atoms with Crippen LogP contribution < -0.4 is 0 Å². The lowest BCUT2D eigenvalue weighted by atomic mass is 9.56. The molecule has 0 saturated heterocycles. The average Bonchev–Trinajstić information content (AvgIpc) is 2.74. The second-order valence-corrected chi connectivity index (χ2v) is 7.40. The van der Waals surface area contributed by atoms with E-state index in [0.29, 0.717) is 17.6 Å². The molecule has 0 amide bonds. The van der Waals surface area contributed by atoms with E-state index in [1.165, 1.54) is 24.0 Å². The summed E-state index contributed by atoms with van der Waals surface area (Å²) in [6.45, 7) is 2.19. The largest absolute Gasteiger partial charge is 0.511 e. The lowest BCUT2D eigenvalue weighted by molar-refractivity contribution is 0.0406. The molecule has 0 spiro atoms. The standard InChI is InChI=1S/C18H24O2/c1-18-9-8-14-13-5-3-12(19)10-11(13)2-4-15(14)16(18)6-7-17(18)20/h4,6-7,11-14,19-20H,2-3,5,8-10H2,1H3/t11?,12?,13-,14+,18-/m0/s1. The van der Waals surface area contributed by atoms with Crippen LogP contribution in [0.4, 0.5) is 0 Å². The van der Waals surface area contributed by atoms with E-state index in [1.807, 2.05) is 6.08 Å². The van der Waals surface area contributed by atoms with Crippen LogP contribution in [0.15, 0.2) is 35.1 Å². The number of hydrogen-bond donors (Lipinski definition) is 2. The molecular weight excluding hydrogens is 248 g/mol. The second kappa shape index (κ2) is 4.24. The summed E-state index contributed by atoms with van der Waals surface area (Å²) in [4.78, 5) is 0. The Kier molecular flexibility index (Phi) is 2.69. The van der Waals surface area contributed by atoms with Crippen molar-refractivity contribution in [3.8, 4) is 0 Å². The summed E-state index contributed by atoms with van der Waals surface area (Å²) in [5, 5.41) is 20.1. The zero-order valence-electron chi connectivity index (χ0n) is 12.2. The Morgan fingerprint density at radius 2 is 2.05 bits per heavy atom. The van der Waals surface area contributed by atoms with Crippen LogP contribution in [0.3, 0.4) is 0 Å². The highest BCUT2D eigenvalue weighted by Gasteiger charge is 2.48. The number of fused-ring (bicyclic) bond motifs is 5. The van der Waals surface area contributed by atoms with Gasteiger partial charge in [-0.3, -0.25) is 0 Å². The highest BCUT2D eigenvalue weighted by Crippen LogP contribution is 2.58. The van der Waals surface area contributed by atoms with Crippen LogP contribution in [0.5, 0.6) is 0 Å². The lowest BCUT2D eigenvalue weighted by Crippen LogP contribution is -2.40. The molecule has 0 aromatic heterocycles. The minimum absolute atomic E-state index is 0.0727. The van der Waals surface area contributed by atoms with E-state index in [1.54, 1.807) is 0 Å². The second-order valence-electron chi connectivity index (χ2n) is 7.40. The van der Waals surface area contributed by atoms with Gasteiger partial charge in [-0.25, -0.2) is 0 Å². The van der Waals surface area contributed by atoms with Crippen molar-refractivity contribution in [2.45, 2.75) is 51.6 Å². The Hall–Kier alpha value is -1.02. The summed E-state index contributed by atoms with van der Waals surface area (Å²) in [6, 6.07) is 0. The van der Waals surface area contributed by atoms with Crippen molar-refractivity contribution in [2.75, 3.05) is 0 Å². The maximum Gasteiger partial charge on any atom is 0.102 e. The first-order valence-electron chi connectivity index (χ1n) is 8.10. The van der Waals surface area contributed by atoms with Crippen molar-refractivity contribution in [3.63, 3.8) is 0 Å². The smallest absolute Gasteiger partial charge is 0.102 e. The van der Waals surface area contributed by atoms with Gasteiger partial charge in [0.05, 0.1) is 6.10 Å². The van der Waals surface area contributed by atoms with Crippen LogP contribution in [-0.2, 0) is 0 Å². The van der Waals surface area contributed by atoms with E-state index in [4.69, 9.17) is 0 Å². The maximum absolute atomic E-state index is 10.2. The van der Waals surface area contributed by atoms with E-state index in [-0.39, 0.29) is 11.5 Å². The molecule has 108 valence electrons. The SMILES string of the molecule is C[C@]12CC[C@H]3C(=CCC4CC(O)CC[C@@H]43)C1=CC=C2O. The van der Waals surface area contributed by atoms with E-state index in [0.717, 1.165) is 31.6 Å². The molecule has 0 aromatic rings. The quantitative estimate of drug-likeness (QED) is 0.702. The molecule has 0 bridgehead atoms. The van der Waals surface area contributed by atoms with E-state index >= 15 is 0 Å². The molecule has 0 radical (unpaired) electrons. The first-order valence-corrected chi connectivity index (χ1v) is 8.10. The zero-order valence-corrected chi connectivity index (χ0v) is 12.2. The first kappa shape index (κ1) is 12.7. The van der Waals surface area contributed by atoms with Gasteiger partial charge in [0.2, 0.25) is 0 Å². The van der Waals surface area contributed by atoms with Gasteiger partial charge in [-0.2, -0.15) is 0 Å². The number of allylic oxidation sites excluding steroid dienone is 5. The summed E-state index contributed by atoms with van der Waals surface area (Å²) >= 11 is 0. The third-order valence-corrected chi connectivity index (χ3v) is 6.40. The van der Waals surface area contributed by atoms with Crippen LogP contribution in [0.2, 0.25) is 0 Å². The number of rotatable bonds is 0. The summed E-state index contributed by atoms with van der Waals surface area (Å²) in [5.74, 6) is 2.65. The Labute approximate surface area is 120 Å². The summed E-state index contributed by atoms with van der Waals surface area (Å²) in [5.41, 5.74) is 2.76. The van der Waals surface area contributed by atoms with Crippen LogP contribution >= 0.6 is 0 Å². The Morgan fingerprint density at radius 1 is 1.20 bits per heavy atom. The molecule has 2 unspecified atom stereocenters. The van der Waals surface area contributed by atoms with Gasteiger partial charge in [0.15, 0.2) is 0 Å². The molecule has 2 saturated carbocycles. The molecule has 2 heteroatoms. The molecule has 4 rings (SSSR count). The molecule has 20 heavy (non-hydrogen) atoms. The van der Waals surface area contributed by atoms with Gasteiger partial charge in [0.25, 0.3) is 0 Å². The number of hydrogen-bond acceptors (Lipinski definition) is 2. The Balaban J connectivity index is 1.68. The van der Waals surface area contributed by atoms with Crippen molar-refractivity contribution in [1.82, 2.24) is 0 Å². The predicted octanol–water partition coefficient (Wildman–Crippen LogP) is 3.89. The summed E-state index contributed by atoms with van der Waals surface area (Å²) < 4.78 is 0. The monoisotopic (exact) mass is 272 g/mol. The zero-order chi connectivity index (χ0) is 13.9. The molecule has 0 aliphatic heterocycles. The van der Waals surface area contributed by atoms with E-state index in [2.05, 4.69) is 19.1 Å². The van der Waals surface area contributed by atoms with Gasteiger partial charge < -0.3 is 10.2 Å². The van der Waals surface area contributed by atoms with Gasteiger partial charge >= 0.3 is 0 Å². The van der Waals surface area contributed by atoms with E-state index in [9.17, 15) is 10.2 Å². The van der Waals surface area contributed by atoms with Crippen LogP contribution in [0.25, 0.3) is 0 Å². The van der Waals surface area contributed by atoms with Crippen molar-refractivity contribution in [1.29, 1.82) is 0 Å². The first-order chi connectivity index (χ1) is 9.59. The molecule has 0 heterocycles. The van der Waals surface area contributed by atoms with Crippen molar-refractivity contribution >= 4 is 0 Å². The fraction of sp³-hybridized carbons (Fsp3) is 0.667. The number of aliphatic hydroxyl groups excluding tert-OH is 2. The predicted molar refractivity (Wildman–Crippen MR) is 79.2 cm³/mol. The Bertz CT molecular complexity index is 528. The number of aliphatic hydroxyl groups is 2. The van der Waals surface area contributed by atoms with E-state index < -0.39 is 0 Å². The highest BCUT2D eigenvalue weighted by molar-refractivity contribution is 5.51. The van der Waals surface area contributed by atoms with Gasteiger partial charge in [0.1, 0.15) is 5.76 Å². The molecule has 2 N–H and O–H groups in total.